The highest BCUT2D eigenvalue weighted by atomic mass is 16.6. The Morgan fingerprint density at radius 1 is 1.06 bits per heavy atom. The van der Waals surface area contributed by atoms with Crippen LogP contribution in [0.15, 0.2) is 36.8 Å². The number of fused-ring (bicyclic) bond motifs is 2. The molecular weight excluding hydrogens is 612 g/mol. The summed E-state index contributed by atoms with van der Waals surface area (Å²) < 4.78 is 15.1. The maximum atomic E-state index is 13.9. The Hall–Kier alpha value is -4.39. The number of hydrogen-bond donors (Lipinski definition) is 2. The number of β-amino-alcohol motifs (C(OH)–C–C–N with tert-alkyl or cyclic N) is 1. The van der Waals surface area contributed by atoms with Crippen LogP contribution in [-0.4, -0.2) is 83.1 Å². The number of anilines is 2. The first kappa shape index (κ1) is 33.5. The van der Waals surface area contributed by atoms with Gasteiger partial charge in [-0.2, -0.15) is 9.61 Å². The monoisotopic (exact) mass is 660 g/mol. The third-order valence-electron chi connectivity index (χ3n) is 8.88. The van der Waals surface area contributed by atoms with Crippen molar-refractivity contribution in [3.8, 4) is 0 Å². The molecule has 2 atom stereocenters. The molecule has 2 amide bonds. The first-order valence-electron chi connectivity index (χ1n) is 16.9. The number of nitrogens with one attached hydrogen (secondary N) is 1. The molecule has 2 N–H and O–H groups in total. The predicted molar refractivity (Wildman–Crippen MR) is 182 cm³/mol. The summed E-state index contributed by atoms with van der Waals surface area (Å²) in [5, 5.41) is 19.2. The van der Waals surface area contributed by atoms with E-state index in [4.69, 9.17) is 24.5 Å². The molecule has 2 aliphatic rings. The van der Waals surface area contributed by atoms with Gasteiger partial charge in [-0.15, -0.1) is 0 Å². The number of likely N-dealkylation sites (tertiary alicyclic amines) is 1. The van der Waals surface area contributed by atoms with Gasteiger partial charge in [0.25, 0.3) is 0 Å². The quantitative estimate of drug-likeness (QED) is 0.247. The van der Waals surface area contributed by atoms with E-state index in [2.05, 4.69) is 5.32 Å². The van der Waals surface area contributed by atoms with E-state index in [0.717, 1.165) is 36.0 Å². The zero-order chi connectivity index (χ0) is 34.4. The third kappa shape index (κ3) is 7.35. The number of pyridine rings is 1. The van der Waals surface area contributed by atoms with E-state index >= 15 is 0 Å². The number of ether oxygens (including phenoxy) is 2. The number of aromatic nitrogens is 5. The van der Waals surface area contributed by atoms with Gasteiger partial charge >= 0.3 is 12.2 Å². The summed E-state index contributed by atoms with van der Waals surface area (Å²) in [6.45, 7) is 14.3. The molecule has 5 heterocycles. The normalized spacial score (nSPS) is 19.0. The predicted octanol–water partition coefficient (Wildman–Crippen LogP) is 5.92. The molecular formula is C35H48N8O5. The zero-order valence-corrected chi connectivity index (χ0v) is 29.1. The van der Waals surface area contributed by atoms with E-state index in [-0.39, 0.29) is 19.0 Å². The highest BCUT2D eigenvalue weighted by Gasteiger charge is 2.34. The summed E-state index contributed by atoms with van der Waals surface area (Å²) in [6.07, 6.45) is 7.92. The van der Waals surface area contributed by atoms with Gasteiger partial charge in [-0.05, 0) is 85.3 Å². The average Bonchev–Trinajstić information content (AvgIpc) is 3.57. The van der Waals surface area contributed by atoms with E-state index in [0.29, 0.717) is 48.4 Å². The van der Waals surface area contributed by atoms with Gasteiger partial charge in [0.1, 0.15) is 28.5 Å². The van der Waals surface area contributed by atoms with Gasteiger partial charge in [0.15, 0.2) is 5.65 Å². The van der Waals surface area contributed by atoms with Crippen LogP contribution >= 0.6 is 0 Å². The second kappa shape index (κ2) is 12.9. The molecule has 4 aromatic heterocycles. The van der Waals surface area contributed by atoms with Crippen LogP contribution in [0.5, 0.6) is 0 Å². The van der Waals surface area contributed by atoms with Crippen LogP contribution in [0.25, 0.3) is 11.3 Å². The molecule has 13 nitrogen and oxygen atoms in total. The Morgan fingerprint density at radius 2 is 1.81 bits per heavy atom. The van der Waals surface area contributed by atoms with Gasteiger partial charge in [-0.3, -0.25) is 4.90 Å². The topological polar surface area (TPSA) is 139 Å². The van der Waals surface area contributed by atoms with Crippen LogP contribution in [0.3, 0.4) is 0 Å². The summed E-state index contributed by atoms with van der Waals surface area (Å²) in [5.41, 5.74) is 2.93. The molecule has 4 aromatic rings. The second-order valence-corrected chi connectivity index (χ2v) is 15.1. The molecule has 0 bridgehead atoms. The molecule has 1 saturated carbocycles. The van der Waals surface area contributed by atoms with Crippen LogP contribution in [0.2, 0.25) is 0 Å². The van der Waals surface area contributed by atoms with Crippen molar-refractivity contribution in [2.24, 2.45) is 5.92 Å². The van der Waals surface area contributed by atoms with E-state index in [1.165, 1.54) is 0 Å². The van der Waals surface area contributed by atoms with Gasteiger partial charge in [0.05, 0.1) is 31.1 Å². The lowest BCUT2D eigenvalue weighted by Gasteiger charge is -2.36. The molecule has 2 fully saturated rings. The van der Waals surface area contributed by atoms with E-state index < -0.39 is 29.5 Å². The van der Waals surface area contributed by atoms with Crippen molar-refractivity contribution in [1.29, 1.82) is 0 Å². The molecule has 258 valence electrons. The number of piperidine rings is 1. The van der Waals surface area contributed by atoms with Gasteiger partial charge in [0, 0.05) is 43.0 Å². The van der Waals surface area contributed by atoms with Crippen LogP contribution in [-0.2, 0) is 16.0 Å². The maximum Gasteiger partial charge on any atom is 0.416 e. The van der Waals surface area contributed by atoms with Crippen molar-refractivity contribution >= 4 is 35.1 Å². The van der Waals surface area contributed by atoms with Crippen molar-refractivity contribution in [2.75, 3.05) is 29.9 Å². The van der Waals surface area contributed by atoms with Crippen LogP contribution in [0.1, 0.15) is 90.0 Å². The van der Waals surface area contributed by atoms with E-state index in [1.807, 2.05) is 83.6 Å². The molecule has 1 aliphatic carbocycles. The van der Waals surface area contributed by atoms with Gasteiger partial charge < -0.3 is 29.2 Å². The fourth-order valence-corrected chi connectivity index (χ4v) is 6.20. The van der Waals surface area contributed by atoms with Gasteiger partial charge in [-0.25, -0.2) is 19.6 Å². The molecule has 0 spiro atoms. The summed E-state index contributed by atoms with van der Waals surface area (Å²) in [4.78, 5) is 39.5. The lowest BCUT2D eigenvalue weighted by atomic mass is 9.81. The fraction of sp³-hybridized carbons (Fsp3) is 0.571. The molecule has 1 aliphatic heterocycles. The van der Waals surface area contributed by atoms with Crippen molar-refractivity contribution in [1.82, 2.24) is 28.9 Å². The number of hydrogen-bond acceptors (Lipinski definition) is 9. The minimum atomic E-state index is -0.737. The summed E-state index contributed by atoms with van der Waals surface area (Å²) in [5.74, 6) is 1.29. The van der Waals surface area contributed by atoms with Gasteiger partial charge in [0.2, 0.25) is 0 Å². The Labute approximate surface area is 281 Å². The standard InChI is InChI=1S/C35H48N8O5/c1-22-10-9-14-40-19-25(38-30(22)40)20-42(33(46)48-35(5,6)7)29-16-28(39-31-26(18-37-43(29)31)23-11-8-12-23)36-17-24-13-15-41(21-27(24)44)32(45)47-34(2,3)4/h9-10,14,16,18-19,23-24,27,44H,8,11-13,15,17,20-21H2,1-7H3,(H,36,39)/t24-,27+/m1/s1. The van der Waals surface area contributed by atoms with Gasteiger partial charge in [-0.1, -0.05) is 12.5 Å². The number of aliphatic hydroxyl groups is 1. The lowest BCUT2D eigenvalue weighted by molar-refractivity contribution is -0.0104. The van der Waals surface area contributed by atoms with Crippen LogP contribution in [0, 0.1) is 12.8 Å². The highest BCUT2D eigenvalue weighted by molar-refractivity contribution is 5.88. The number of carbonyl (C=O) groups excluding carboxylic acids is 2. The van der Waals surface area contributed by atoms with Crippen molar-refractivity contribution in [3.05, 3.63) is 53.6 Å². The van der Waals surface area contributed by atoms with Crippen molar-refractivity contribution < 1.29 is 24.2 Å². The van der Waals surface area contributed by atoms with E-state index in [1.54, 1.807) is 20.4 Å². The Morgan fingerprint density at radius 3 is 2.46 bits per heavy atom. The summed E-state index contributed by atoms with van der Waals surface area (Å²) in [7, 11) is 0. The number of amides is 2. The molecule has 1 saturated heterocycles. The number of carbonyl (C=O) groups is 2. The minimum absolute atomic E-state index is 0.121. The number of imidazole rings is 1. The SMILES string of the molecule is Cc1cccn2cc(CN(C(=O)OC(C)(C)C)c3cc(NC[C@H]4CCN(C(=O)OC(C)(C)C)C[C@@H]4O)nc4c(C5CCC5)cnn34)nc12. The number of aliphatic hydroxyl groups excluding tert-OH is 1. The second-order valence-electron chi connectivity index (χ2n) is 15.1. The smallest absolute Gasteiger partial charge is 0.416 e. The number of nitrogens with zero attached hydrogens (tertiary/aromatic N) is 7. The summed E-state index contributed by atoms with van der Waals surface area (Å²) >= 11 is 0. The fourth-order valence-electron chi connectivity index (χ4n) is 6.20. The molecule has 13 heteroatoms. The van der Waals surface area contributed by atoms with Crippen LogP contribution < -0.4 is 10.2 Å². The van der Waals surface area contributed by atoms with Crippen molar-refractivity contribution in [3.63, 3.8) is 0 Å². The Balaban J connectivity index is 1.31. The molecule has 0 aromatic carbocycles. The number of rotatable bonds is 7. The zero-order valence-electron chi connectivity index (χ0n) is 29.1. The Kier molecular flexibility index (Phi) is 9.01. The molecule has 0 unspecified atom stereocenters. The first-order valence-corrected chi connectivity index (χ1v) is 16.9. The minimum Gasteiger partial charge on any atom is -0.444 e. The molecule has 6 rings (SSSR count). The summed E-state index contributed by atoms with van der Waals surface area (Å²) in [6, 6.07) is 5.78. The van der Waals surface area contributed by atoms with Crippen molar-refractivity contribution in [2.45, 2.75) is 104 Å². The highest BCUT2D eigenvalue weighted by Crippen LogP contribution is 2.39. The largest absolute Gasteiger partial charge is 0.444 e. The van der Waals surface area contributed by atoms with Crippen LogP contribution in [0.4, 0.5) is 21.2 Å². The number of aryl methyl sites for hydroxylation is 1. The maximum absolute atomic E-state index is 13.9. The van der Waals surface area contributed by atoms with E-state index in [9.17, 15) is 14.7 Å². The molecule has 48 heavy (non-hydrogen) atoms. The Bertz CT molecular complexity index is 1800. The lowest BCUT2D eigenvalue weighted by Crippen LogP contribution is -2.49. The first-order chi connectivity index (χ1) is 22.6. The average molecular weight is 661 g/mol. The molecule has 0 radical (unpaired) electrons. The third-order valence-corrected chi connectivity index (χ3v) is 8.88.